The Balaban J connectivity index is 2.44. The van der Waals surface area contributed by atoms with E-state index in [2.05, 4.69) is 0 Å². The van der Waals surface area contributed by atoms with Crippen molar-refractivity contribution in [2.75, 3.05) is 7.11 Å². The van der Waals surface area contributed by atoms with E-state index in [0.717, 1.165) is 16.7 Å². The molecule has 0 heterocycles. The second-order valence-corrected chi connectivity index (χ2v) is 4.48. The average Bonchev–Trinajstić information content (AvgIpc) is 2.46. The van der Waals surface area contributed by atoms with Crippen molar-refractivity contribution in [3.05, 3.63) is 58.1 Å². The van der Waals surface area contributed by atoms with Crippen molar-refractivity contribution >= 4 is 11.6 Å². The van der Waals surface area contributed by atoms with E-state index in [1.807, 2.05) is 0 Å². The van der Waals surface area contributed by atoms with Crippen molar-refractivity contribution in [1.82, 2.24) is 0 Å². The minimum atomic E-state index is -0.454. The SMILES string of the molecule is COc1ccc(CC(N)=O)cc1-c1ccc([N+](=O)[O-])cc1. The first kappa shape index (κ1) is 14.5. The third-order valence-corrected chi connectivity index (χ3v) is 3.03. The molecule has 21 heavy (non-hydrogen) atoms. The quantitative estimate of drug-likeness (QED) is 0.673. The van der Waals surface area contributed by atoms with Gasteiger partial charge in [0.05, 0.1) is 18.5 Å². The molecule has 0 spiro atoms. The molecule has 0 fully saturated rings. The summed E-state index contributed by atoms with van der Waals surface area (Å²) in [7, 11) is 1.54. The lowest BCUT2D eigenvalue weighted by molar-refractivity contribution is -0.384. The molecule has 0 saturated heterocycles. The van der Waals surface area contributed by atoms with Crippen molar-refractivity contribution < 1.29 is 14.5 Å². The third-order valence-electron chi connectivity index (χ3n) is 3.03. The number of primary amides is 1. The zero-order valence-corrected chi connectivity index (χ0v) is 11.4. The molecule has 2 aromatic rings. The van der Waals surface area contributed by atoms with Crippen molar-refractivity contribution in [2.24, 2.45) is 5.73 Å². The fraction of sp³-hybridized carbons (Fsp3) is 0.133. The van der Waals surface area contributed by atoms with Gasteiger partial charge in [-0.15, -0.1) is 0 Å². The van der Waals surface area contributed by atoms with Gasteiger partial charge in [-0.05, 0) is 35.4 Å². The molecule has 0 aliphatic carbocycles. The molecule has 6 nitrogen and oxygen atoms in total. The molecule has 0 radical (unpaired) electrons. The summed E-state index contributed by atoms with van der Waals surface area (Å²) in [6, 6.07) is 11.4. The van der Waals surface area contributed by atoms with Crippen LogP contribution in [-0.4, -0.2) is 17.9 Å². The van der Waals surface area contributed by atoms with E-state index in [9.17, 15) is 14.9 Å². The summed E-state index contributed by atoms with van der Waals surface area (Å²) in [5, 5.41) is 10.7. The number of carbonyl (C=O) groups is 1. The van der Waals surface area contributed by atoms with Crippen LogP contribution in [0.4, 0.5) is 5.69 Å². The van der Waals surface area contributed by atoms with E-state index in [1.165, 1.54) is 19.2 Å². The number of amides is 1. The Bertz CT molecular complexity index is 681. The van der Waals surface area contributed by atoms with Gasteiger partial charge < -0.3 is 10.5 Å². The number of nitro benzene ring substituents is 1. The molecule has 0 atom stereocenters. The molecule has 108 valence electrons. The zero-order chi connectivity index (χ0) is 15.4. The molecule has 0 unspecified atom stereocenters. The number of hydrogen-bond donors (Lipinski definition) is 1. The summed E-state index contributed by atoms with van der Waals surface area (Å²) < 4.78 is 5.29. The minimum absolute atomic E-state index is 0.0195. The summed E-state index contributed by atoms with van der Waals surface area (Å²) in [4.78, 5) is 21.2. The summed E-state index contributed by atoms with van der Waals surface area (Å²) in [6.45, 7) is 0. The molecule has 0 aliphatic rings. The summed E-state index contributed by atoms with van der Waals surface area (Å²) in [5.74, 6) is 0.201. The Morgan fingerprint density at radius 2 is 1.90 bits per heavy atom. The van der Waals surface area contributed by atoms with Crippen LogP contribution in [0.5, 0.6) is 5.75 Å². The lowest BCUT2D eigenvalue weighted by Gasteiger charge is -2.10. The highest BCUT2D eigenvalue weighted by Gasteiger charge is 2.10. The van der Waals surface area contributed by atoms with Crippen molar-refractivity contribution in [3.8, 4) is 16.9 Å². The third kappa shape index (κ3) is 3.36. The first-order valence-electron chi connectivity index (χ1n) is 6.21. The highest BCUT2D eigenvalue weighted by Crippen LogP contribution is 2.32. The van der Waals surface area contributed by atoms with Gasteiger partial charge in [-0.3, -0.25) is 14.9 Å². The Morgan fingerprint density at radius 3 is 2.43 bits per heavy atom. The Hall–Kier alpha value is -2.89. The van der Waals surface area contributed by atoms with E-state index < -0.39 is 10.8 Å². The summed E-state index contributed by atoms with van der Waals surface area (Å²) >= 11 is 0. The van der Waals surface area contributed by atoms with Crippen LogP contribution in [0.1, 0.15) is 5.56 Å². The van der Waals surface area contributed by atoms with Gasteiger partial charge in [0.2, 0.25) is 5.91 Å². The zero-order valence-electron chi connectivity index (χ0n) is 11.4. The normalized spacial score (nSPS) is 10.1. The second-order valence-electron chi connectivity index (χ2n) is 4.48. The molecular formula is C15H14N2O4. The molecule has 0 aliphatic heterocycles. The number of nitrogens with two attached hydrogens (primary N) is 1. The summed E-state index contributed by atoms with van der Waals surface area (Å²) in [5.41, 5.74) is 7.50. The Kier molecular flexibility index (Phi) is 4.18. The van der Waals surface area contributed by atoms with Crippen molar-refractivity contribution in [3.63, 3.8) is 0 Å². The van der Waals surface area contributed by atoms with Gasteiger partial charge in [0.15, 0.2) is 0 Å². The number of benzene rings is 2. The van der Waals surface area contributed by atoms with E-state index in [-0.39, 0.29) is 12.1 Å². The number of nitro groups is 1. The fourth-order valence-corrected chi connectivity index (χ4v) is 2.05. The Morgan fingerprint density at radius 1 is 1.24 bits per heavy atom. The van der Waals surface area contributed by atoms with Crippen LogP contribution in [0, 0.1) is 10.1 Å². The molecule has 2 aromatic carbocycles. The largest absolute Gasteiger partial charge is 0.496 e. The second kappa shape index (κ2) is 6.04. The summed E-state index contributed by atoms with van der Waals surface area (Å²) in [6.07, 6.45) is 0.129. The number of methoxy groups -OCH3 is 1. The number of rotatable bonds is 5. The van der Waals surface area contributed by atoms with Gasteiger partial charge in [0.25, 0.3) is 5.69 Å². The standard InChI is InChI=1S/C15H14N2O4/c1-21-14-7-2-10(9-15(16)18)8-13(14)11-3-5-12(6-4-11)17(19)20/h2-8H,9H2,1H3,(H2,16,18). The van der Waals surface area contributed by atoms with Crippen molar-refractivity contribution in [1.29, 1.82) is 0 Å². The van der Waals surface area contributed by atoms with Crippen LogP contribution < -0.4 is 10.5 Å². The van der Waals surface area contributed by atoms with Gasteiger partial charge in [0, 0.05) is 17.7 Å². The maximum atomic E-state index is 11.0. The van der Waals surface area contributed by atoms with Gasteiger partial charge >= 0.3 is 0 Å². The number of nitrogens with zero attached hydrogens (tertiary/aromatic N) is 1. The predicted octanol–water partition coefficient (Wildman–Crippen LogP) is 2.30. The minimum Gasteiger partial charge on any atom is -0.496 e. The lowest BCUT2D eigenvalue weighted by atomic mass is 10.00. The lowest BCUT2D eigenvalue weighted by Crippen LogP contribution is -2.13. The topological polar surface area (TPSA) is 95.5 Å². The Labute approximate surface area is 121 Å². The van der Waals surface area contributed by atoms with Crippen LogP contribution in [0.15, 0.2) is 42.5 Å². The highest BCUT2D eigenvalue weighted by molar-refractivity contribution is 5.78. The van der Waals surface area contributed by atoms with Crippen LogP contribution in [0.3, 0.4) is 0 Å². The smallest absolute Gasteiger partial charge is 0.269 e. The first-order valence-corrected chi connectivity index (χ1v) is 6.21. The maximum Gasteiger partial charge on any atom is 0.269 e. The molecule has 0 saturated carbocycles. The molecule has 2 N–H and O–H groups in total. The number of carbonyl (C=O) groups excluding carboxylic acids is 1. The van der Waals surface area contributed by atoms with E-state index in [4.69, 9.17) is 10.5 Å². The highest BCUT2D eigenvalue weighted by atomic mass is 16.6. The van der Waals surface area contributed by atoms with Crippen LogP contribution in [-0.2, 0) is 11.2 Å². The van der Waals surface area contributed by atoms with Crippen LogP contribution >= 0.6 is 0 Å². The van der Waals surface area contributed by atoms with Crippen LogP contribution in [0.25, 0.3) is 11.1 Å². The van der Waals surface area contributed by atoms with Gasteiger partial charge in [0.1, 0.15) is 5.75 Å². The monoisotopic (exact) mass is 286 g/mol. The first-order chi connectivity index (χ1) is 10.0. The van der Waals surface area contributed by atoms with Gasteiger partial charge in [-0.25, -0.2) is 0 Å². The molecule has 6 heteroatoms. The predicted molar refractivity (Wildman–Crippen MR) is 78.0 cm³/mol. The number of hydrogen-bond acceptors (Lipinski definition) is 4. The maximum absolute atomic E-state index is 11.0. The van der Waals surface area contributed by atoms with E-state index in [0.29, 0.717) is 5.75 Å². The number of non-ortho nitro benzene ring substituents is 1. The molecule has 0 aromatic heterocycles. The van der Waals surface area contributed by atoms with Crippen LogP contribution in [0.2, 0.25) is 0 Å². The van der Waals surface area contributed by atoms with Gasteiger partial charge in [-0.1, -0.05) is 6.07 Å². The molecule has 0 bridgehead atoms. The van der Waals surface area contributed by atoms with Gasteiger partial charge in [-0.2, -0.15) is 0 Å². The van der Waals surface area contributed by atoms with E-state index >= 15 is 0 Å². The van der Waals surface area contributed by atoms with E-state index in [1.54, 1.807) is 30.3 Å². The number of ether oxygens (including phenoxy) is 1. The molecular weight excluding hydrogens is 272 g/mol. The fourth-order valence-electron chi connectivity index (χ4n) is 2.05. The average molecular weight is 286 g/mol. The molecule has 1 amide bonds. The van der Waals surface area contributed by atoms with Crippen molar-refractivity contribution in [2.45, 2.75) is 6.42 Å². The molecule has 2 rings (SSSR count).